The van der Waals surface area contributed by atoms with Gasteiger partial charge >= 0.3 is 0 Å². The molecule has 0 spiro atoms. The molecule has 0 bridgehead atoms. The molecule has 1 unspecified atom stereocenters. The molecule has 1 amide bonds. The number of hydrogen-bond acceptors (Lipinski definition) is 5. The molecule has 0 saturated carbocycles. The zero-order valence-electron chi connectivity index (χ0n) is 20.0. The van der Waals surface area contributed by atoms with E-state index in [0.717, 1.165) is 6.42 Å². The Hall–Kier alpha value is -2.90. The molecule has 0 radical (unpaired) electrons. The number of aromatic nitrogens is 2. The second-order valence-electron chi connectivity index (χ2n) is 8.04. The minimum Gasteiger partial charge on any atom is -0.484 e. The maximum Gasteiger partial charge on any atom is 0.261 e. The van der Waals surface area contributed by atoms with Crippen molar-refractivity contribution in [3.63, 3.8) is 0 Å². The third-order valence-corrected chi connectivity index (χ3v) is 5.90. The van der Waals surface area contributed by atoms with Gasteiger partial charge in [0.05, 0.1) is 16.9 Å². The fraction of sp³-hybridized carbons (Fsp3) is 0.423. The zero-order valence-corrected chi connectivity index (χ0v) is 20.8. The Bertz CT molecular complexity index is 1150. The number of fused-ring (bicyclic) bond motifs is 1. The first-order chi connectivity index (χ1) is 16.5. The van der Waals surface area contributed by atoms with Gasteiger partial charge in [0.25, 0.3) is 11.5 Å². The standard InChI is InChI=1S/C26H32ClN3O4/c1-4-15-30-25(28-22-10-7-6-9-21(22)26(30)32)23(5-2)29(16-8-17-33-3)24(31)18-34-20-13-11-19(27)12-14-20/h6-7,9-14,23H,4-5,8,15-18H2,1-3H3. The highest BCUT2D eigenvalue weighted by Crippen LogP contribution is 2.25. The normalized spacial score (nSPS) is 12.0. The highest BCUT2D eigenvalue weighted by Gasteiger charge is 2.28. The third kappa shape index (κ3) is 6.15. The van der Waals surface area contributed by atoms with Crippen LogP contribution in [0, 0.1) is 0 Å². The Labute approximate surface area is 205 Å². The Kier molecular flexibility index (Phi) is 9.48. The van der Waals surface area contributed by atoms with Crippen LogP contribution < -0.4 is 10.3 Å². The van der Waals surface area contributed by atoms with Crippen molar-refractivity contribution in [3.8, 4) is 5.75 Å². The molecule has 3 rings (SSSR count). The Morgan fingerprint density at radius 3 is 2.56 bits per heavy atom. The van der Waals surface area contributed by atoms with Crippen molar-refractivity contribution in [2.45, 2.75) is 45.7 Å². The summed E-state index contributed by atoms with van der Waals surface area (Å²) in [5, 5.41) is 1.18. The number of carbonyl (C=O) groups excluding carboxylic acids is 1. The summed E-state index contributed by atoms with van der Waals surface area (Å²) in [4.78, 5) is 33.3. The van der Waals surface area contributed by atoms with Gasteiger partial charge < -0.3 is 14.4 Å². The molecule has 8 heteroatoms. The first-order valence-electron chi connectivity index (χ1n) is 11.7. The lowest BCUT2D eigenvalue weighted by Crippen LogP contribution is -2.42. The van der Waals surface area contributed by atoms with Crippen LogP contribution in [0.4, 0.5) is 0 Å². The minimum absolute atomic E-state index is 0.0809. The van der Waals surface area contributed by atoms with Crippen molar-refractivity contribution < 1.29 is 14.3 Å². The van der Waals surface area contributed by atoms with Crippen LogP contribution in [0.3, 0.4) is 0 Å². The zero-order chi connectivity index (χ0) is 24.5. The van der Waals surface area contributed by atoms with Gasteiger partial charge in [0.2, 0.25) is 0 Å². The van der Waals surface area contributed by atoms with Crippen LogP contribution in [0.2, 0.25) is 5.02 Å². The van der Waals surface area contributed by atoms with Gasteiger partial charge in [-0.05, 0) is 55.7 Å². The number of nitrogens with zero attached hydrogens (tertiary/aromatic N) is 3. The number of benzene rings is 2. The van der Waals surface area contributed by atoms with E-state index in [2.05, 4.69) is 0 Å². The fourth-order valence-corrected chi connectivity index (χ4v) is 4.14. The van der Waals surface area contributed by atoms with Crippen molar-refractivity contribution in [1.82, 2.24) is 14.5 Å². The van der Waals surface area contributed by atoms with Crippen LogP contribution in [-0.2, 0) is 16.1 Å². The van der Waals surface area contributed by atoms with Crippen molar-refractivity contribution in [2.75, 3.05) is 26.9 Å². The molecule has 0 aliphatic rings. The third-order valence-electron chi connectivity index (χ3n) is 5.64. The lowest BCUT2D eigenvalue weighted by Gasteiger charge is -2.32. The second-order valence-corrected chi connectivity index (χ2v) is 8.48. The van der Waals surface area contributed by atoms with Gasteiger partial charge in [-0.25, -0.2) is 4.98 Å². The Morgan fingerprint density at radius 2 is 1.88 bits per heavy atom. The largest absolute Gasteiger partial charge is 0.484 e. The fourth-order valence-electron chi connectivity index (χ4n) is 4.01. The van der Waals surface area contributed by atoms with Crippen LogP contribution >= 0.6 is 11.6 Å². The predicted molar refractivity (Wildman–Crippen MR) is 134 cm³/mol. The molecule has 2 aromatic carbocycles. The maximum atomic E-state index is 13.4. The van der Waals surface area contributed by atoms with Crippen LogP contribution in [0.15, 0.2) is 53.3 Å². The number of methoxy groups -OCH3 is 1. The van der Waals surface area contributed by atoms with Crippen molar-refractivity contribution in [1.29, 1.82) is 0 Å². The average molecular weight is 486 g/mol. The van der Waals surface area contributed by atoms with Crippen molar-refractivity contribution in [3.05, 3.63) is 69.7 Å². The van der Waals surface area contributed by atoms with E-state index in [1.807, 2.05) is 32.0 Å². The van der Waals surface area contributed by atoms with E-state index in [1.165, 1.54) is 0 Å². The number of para-hydroxylation sites is 1. The first kappa shape index (κ1) is 25.7. The molecule has 1 atom stereocenters. The molecule has 0 saturated heterocycles. The van der Waals surface area contributed by atoms with E-state index < -0.39 is 0 Å². The van der Waals surface area contributed by atoms with Gasteiger partial charge in [0.15, 0.2) is 6.61 Å². The van der Waals surface area contributed by atoms with Crippen LogP contribution in [0.1, 0.15) is 45.0 Å². The topological polar surface area (TPSA) is 73.7 Å². The number of rotatable bonds is 12. The van der Waals surface area contributed by atoms with E-state index in [0.29, 0.717) is 60.0 Å². The summed E-state index contributed by atoms with van der Waals surface area (Å²) < 4.78 is 12.7. The van der Waals surface area contributed by atoms with Crippen molar-refractivity contribution >= 4 is 28.4 Å². The number of ether oxygens (including phenoxy) is 2. The molecule has 0 fully saturated rings. The summed E-state index contributed by atoms with van der Waals surface area (Å²) in [7, 11) is 1.64. The Morgan fingerprint density at radius 1 is 1.15 bits per heavy atom. The van der Waals surface area contributed by atoms with Gasteiger partial charge in [0.1, 0.15) is 11.6 Å². The molecule has 0 aliphatic heterocycles. The monoisotopic (exact) mass is 485 g/mol. The quantitative estimate of drug-likeness (QED) is 0.343. The molecular weight excluding hydrogens is 454 g/mol. The SMILES string of the molecule is CCCn1c(C(CC)N(CCCOC)C(=O)COc2ccc(Cl)cc2)nc2ccccc2c1=O. The van der Waals surface area contributed by atoms with E-state index in [9.17, 15) is 9.59 Å². The predicted octanol–water partition coefficient (Wildman–Crippen LogP) is 4.86. The minimum atomic E-state index is -0.373. The molecule has 1 aromatic heterocycles. The molecule has 7 nitrogen and oxygen atoms in total. The average Bonchev–Trinajstić information content (AvgIpc) is 2.85. The summed E-state index contributed by atoms with van der Waals surface area (Å²) >= 11 is 5.94. The highest BCUT2D eigenvalue weighted by atomic mass is 35.5. The van der Waals surface area contributed by atoms with Crippen LogP contribution in [0.5, 0.6) is 5.75 Å². The summed E-state index contributed by atoms with van der Waals surface area (Å²) in [6, 6.07) is 13.9. The highest BCUT2D eigenvalue weighted by molar-refractivity contribution is 6.30. The number of hydrogen-bond donors (Lipinski definition) is 0. The molecule has 0 aliphatic carbocycles. The maximum absolute atomic E-state index is 13.4. The summed E-state index contributed by atoms with van der Waals surface area (Å²) in [5.74, 6) is 0.989. The molecule has 34 heavy (non-hydrogen) atoms. The first-order valence-corrected chi connectivity index (χ1v) is 12.0. The lowest BCUT2D eigenvalue weighted by molar-refractivity contribution is -0.136. The van der Waals surface area contributed by atoms with E-state index in [1.54, 1.807) is 46.9 Å². The lowest BCUT2D eigenvalue weighted by atomic mass is 10.1. The van der Waals surface area contributed by atoms with Gasteiger partial charge in [0, 0.05) is 31.8 Å². The van der Waals surface area contributed by atoms with Gasteiger partial charge in [-0.2, -0.15) is 0 Å². The molecule has 182 valence electrons. The number of amides is 1. The van der Waals surface area contributed by atoms with E-state index in [-0.39, 0.29) is 24.1 Å². The summed E-state index contributed by atoms with van der Waals surface area (Å²) in [6.07, 6.45) is 2.04. The van der Waals surface area contributed by atoms with Gasteiger partial charge in [-0.1, -0.05) is 37.6 Å². The van der Waals surface area contributed by atoms with Gasteiger partial charge in [-0.15, -0.1) is 0 Å². The Balaban J connectivity index is 1.97. The molecule has 1 heterocycles. The van der Waals surface area contributed by atoms with Crippen molar-refractivity contribution in [2.24, 2.45) is 0 Å². The van der Waals surface area contributed by atoms with Crippen LogP contribution in [0.25, 0.3) is 10.9 Å². The van der Waals surface area contributed by atoms with E-state index >= 15 is 0 Å². The summed E-state index contributed by atoms with van der Waals surface area (Å²) in [6.45, 7) is 5.41. The molecule has 0 N–H and O–H groups in total. The second kappa shape index (κ2) is 12.5. The smallest absolute Gasteiger partial charge is 0.261 e. The molecular formula is C26H32ClN3O4. The summed E-state index contributed by atoms with van der Waals surface area (Å²) in [5.41, 5.74) is 0.553. The van der Waals surface area contributed by atoms with Crippen LogP contribution in [-0.4, -0.2) is 47.2 Å². The van der Waals surface area contributed by atoms with Gasteiger partial charge in [-0.3, -0.25) is 14.2 Å². The van der Waals surface area contributed by atoms with E-state index in [4.69, 9.17) is 26.1 Å². The number of halogens is 1. The number of carbonyl (C=O) groups is 1. The molecule has 3 aromatic rings.